The molecule has 1 aromatic carbocycles. The largest absolute Gasteiger partial charge is 0.444 e. The van der Waals surface area contributed by atoms with Crippen LogP contribution >= 0.6 is 0 Å². The molecule has 0 bridgehead atoms. The lowest BCUT2D eigenvalue weighted by Crippen LogP contribution is -2.47. The fourth-order valence-corrected chi connectivity index (χ4v) is 2.66. The van der Waals surface area contributed by atoms with Crippen LogP contribution in [-0.4, -0.2) is 36.0 Å². The summed E-state index contributed by atoms with van der Waals surface area (Å²) in [5, 5.41) is 0. The van der Waals surface area contributed by atoms with E-state index in [-0.39, 0.29) is 6.09 Å². The predicted octanol–water partition coefficient (Wildman–Crippen LogP) is 3.15. The molecule has 0 saturated carbocycles. The number of carbonyl (C=O) groups excluding carboxylic acids is 2. The molecule has 114 valence electrons. The Morgan fingerprint density at radius 2 is 1.76 bits per heavy atom. The molecule has 21 heavy (non-hydrogen) atoms. The van der Waals surface area contributed by atoms with Crippen molar-refractivity contribution in [3.63, 3.8) is 0 Å². The Bertz CT molecular complexity index is 497. The van der Waals surface area contributed by atoms with E-state index in [1.165, 1.54) is 0 Å². The van der Waals surface area contributed by atoms with Gasteiger partial charge in [-0.1, -0.05) is 30.3 Å². The quantitative estimate of drug-likeness (QED) is 0.786. The molecule has 1 saturated heterocycles. The number of nitrogens with zero attached hydrogens (tertiary/aromatic N) is 1. The van der Waals surface area contributed by atoms with Crippen LogP contribution < -0.4 is 0 Å². The molecule has 0 radical (unpaired) electrons. The van der Waals surface area contributed by atoms with E-state index in [9.17, 15) is 9.59 Å². The molecule has 4 nitrogen and oxygen atoms in total. The maximum absolute atomic E-state index is 12.1. The van der Waals surface area contributed by atoms with Gasteiger partial charge in [-0.15, -0.1) is 0 Å². The summed E-state index contributed by atoms with van der Waals surface area (Å²) < 4.78 is 5.38. The Morgan fingerprint density at radius 1 is 1.19 bits per heavy atom. The molecule has 1 heterocycles. The number of likely N-dealkylation sites (tertiary alicyclic amines) is 1. The Balaban J connectivity index is 2.05. The number of aldehydes is 1. The van der Waals surface area contributed by atoms with Crippen molar-refractivity contribution in [3.05, 3.63) is 35.9 Å². The monoisotopic (exact) mass is 289 g/mol. The van der Waals surface area contributed by atoms with Gasteiger partial charge in [-0.05, 0) is 39.2 Å². The molecule has 0 unspecified atom stereocenters. The number of benzene rings is 1. The van der Waals surface area contributed by atoms with Gasteiger partial charge in [0, 0.05) is 13.1 Å². The lowest BCUT2D eigenvalue weighted by atomic mass is 9.74. The van der Waals surface area contributed by atoms with Crippen molar-refractivity contribution < 1.29 is 14.3 Å². The number of hydrogen-bond donors (Lipinski definition) is 0. The number of carbonyl (C=O) groups is 2. The first-order valence-corrected chi connectivity index (χ1v) is 7.36. The topological polar surface area (TPSA) is 46.6 Å². The minimum atomic E-state index is -0.490. The molecule has 0 aliphatic carbocycles. The fourth-order valence-electron chi connectivity index (χ4n) is 2.66. The molecular formula is C17H23NO3. The van der Waals surface area contributed by atoms with E-state index < -0.39 is 11.0 Å². The average Bonchev–Trinajstić information content (AvgIpc) is 2.46. The zero-order chi connectivity index (χ0) is 15.5. The van der Waals surface area contributed by atoms with Crippen molar-refractivity contribution in [1.29, 1.82) is 0 Å². The van der Waals surface area contributed by atoms with Crippen LogP contribution in [0.3, 0.4) is 0 Å². The summed E-state index contributed by atoms with van der Waals surface area (Å²) in [5.74, 6) is 0. The Labute approximate surface area is 126 Å². The molecule has 1 amide bonds. The molecule has 1 aliphatic rings. The summed E-state index contributed by atoms with van der Waals surface area (Å²) in [5.41, 5.74) is 0.0685. The maximum atomic E-state index is 12.1. The molecule has 1 fully saturated rings. The van der Waals surface area contributed by atoms with Crippen LogP contribution in [0.15, 0.2) is 30.3 Å². The highest BCUT2D eigenvalue weighted by molar-refractivity contribution is 5.72. The lowest BCUT2D eigenvalue weighted by molar-refractivity contribution is -0.114. The molecule has 1 aromatic rings. The van der Waals surface area contributed by atoms with Crippen LogP contribution in [0.1, 0.15) is 39.2 Å². The molecular weight excluding hydrogens is 266 g/mol. The second-order valence-electron chi connectivity index (χ2n) is 6.61. The summed E-state index contributed by atoms with van der Waals surface area (Å²) in [7, 11) is 0. The van der Waals surface area contributed by atoms with Gasteiger partial charge in [-0.25, -0.2) is 4.79 Å². The van der Waals surface area contributed by atoms with Gasteiger partial charge >= 0.3 is 6.09 Å². The highest BCUT2D eigenvalue weighted by Crippen LogP contribution is 2.33. The maximum Gasteiger partial charge on any atom is 0.410 e. The van der Waals surface area contributed by atoms with E-state index in [0.717, 1.165) is 11.8 Å². The second-order valence-corrected chi connectivity index (χ2v) is 6.61. The van der Waals surface area contributed by atoms with Crippen molar-refractivity contribution in [2.24, 2.45) is 0 Å². The number of ether oxygens (including phenoxy) is 1. The zero-order valence-corrected chi connectivity index (χ0v) is 13.0. The smallest absolute Gasteiger partial charge is 0.410 e. The van der Waals surface area contributed by atoms with Crippen molar-refractivity contribution in [2.45, 2.75) is 44.6 Å². The van der Waals surface area contributed by atoms with Crippen LogP contribution in [-0.2, 0) is 14.9 Å². The molecule has 2 rings (SSSR count). The average molecular weight is 289 g/mol. The van der Waals surface area contributed by atoms with Gasteiger partial charge in [0.1, 0.15) is 11.9 Å². The van der Waals surface area contributed by atoms with Crippen LogP contribution in [0.5, 0.6) is 0 Å². The number of amides is 1. The van der Waals surface area contributed by atoms with Crippen LogP contribution in [0, 0.1) is 0 Å². The first-order valence-electron chi connectivity index (χ1n) is 7.36. The fraction of sp³-hybridized carbons (Fsp3) is 0.529. The van der Waals surface area contributed by atoms with Crippen molar-refractivity contribution in [3.8, 4) is 0 Å². The number of hydrogen-bond acceptors (Lipinski definition) is 3. The van der Waals surface area contributed by atoms with Gasteiger partial charge < -0.3 is 14.4 Å². The lowest BCUT2D eigenvalue weighted by Gasteiger charge is -2.39. The standard InChI is InChI=1S/C17H23NO3/c1-16(2,3)21-15(20)18-11-9-17(13-19,10-12-18)14-7-5-4-6-8-14/h4-8,13H,9-12H2,1-3H3. The van der Waals surface area contributed by atoms with Gasteiger partial charge in [-0.2, -0.15) is 0 Å². The summed E-state index contributed by atoms with van der Waals surface area (Å²) in [6, 6.07) is 9.80. The van der Waals surface area contributed by atoms with E-state index in [1.807, 2.05) is 51.1 Å². The van der Waals surface area contributed by atoms with Gasteiger partial charge in [0.25, 0.3) is 0 Å². The Morgan fingerprint density at radius 3 is 2.24 bits per heavy atom. The third kappa shape index (κ3) is 3.63. The summed E-state index contributed by atoms with van der Waals surface area (Å²) in [6.45, 7) is 6.66. The van der Waals surface area contributed by atoms with E-state index in [4.69, 9.17) is 4.74 Å². The SMILES string of the molecule is CC(C)(C)OC(=O)N1CCC(C=O)(c2ccccc2)CC1. The highest BCUT2D eigenvalue weighted by Gasteiger charge is 2.38. The molecule has 0 atom stereocenters. The Kier molecular flexibility index (Phi) is 4.35. The zero-order valence-electron chi connectivity index (χ0n) is 13.0. The molecule has 1 aliphatic heterocycles. The van der Waals surface area contributed by atoms with E-state index >= 15 is 0 Å². The first-order chi connectivity index (χ1) is 9.86. The second kappa shape index (κ2) is 5.88. The van der Waals surface area contributed by atoms with Gasteiger partial charge in [-0.3, -0.25) is 0 Å². The number of piperidine rings is 1. The van der Waals surface area contributed by atoms with Crippen LogP contribution in [0.4, 0.5) is 4.79 Å². The minimum absolute atomic E-state index is 0.296. The summed E-state index contributed by atoms with van der Waals surface area (Å²) in [6.07, 6.45) is 2.02. The predicted molar refractivity (Wildman–Crippen MR) is 81.2 cm³/mol. The van der Waals surface area contributed by atoms with Crippen molar-refractivity contribution >= 4 is 12.4 Å². The van der Waals surface area contributed by atoms with Crippen LogP contribution in [0.2, 0.25) is 0 Å². The third-order valence-electron chi connectivity index (χ3n) is 3.88. The third-order valence-corrected chi connectivity index (χ3v) is 3.88. The van der Waals surface area contributed by atoms with E-state index in [2.05, 4.69) is 0 Å². The first kappa shape index (κ1) is 15.5. The number of rotatable bonds is 2. The summed E-state index contributed by atoms with van der Waals surface area (Å²) >= 11 is 0. The Hall–Kier alpha value is -1.84. The van der Waals surface area contributed by atoms with Crippen molar-refractivity contribution in [1.82, 2.24) is 4.90 Å². The minimum Gasteiger partial charge on any atom is -0.444 e. The highest BCUT2D eigenvalue weighted by atomic mass is 16.6. The normalized spacial score (nSPS) is 18.1. The van der Waals surface area contributed by atoms with E-state index in [1.54, 1.807) is 4.90 Å². The van der Waals surface area contributed by atoms with Crippen molar-refractivity contribution in [2.75, 3.05) is 13.1 Å². The molecule has 0 spiro atoms. The molecule has 4 heteroatoms. The van der Waals surface area contributed by atoms with Gasteiger partial charge in [0.2, 0.25) is 0 Å². The van der Waals surface area contributed by atoms with E-state index in [0.29, 0.717) is 25.9 Å². The van der Waals surface area contributed by atoms with Gasteiger partial charge in [0.15, 0.2) is 0 Å². The molecule has 0 aromatic heterocycles. The van der Waals surface area contributed by atoms with Crippen LogP contribution in [0.25, 0.3) is 0 Å². The summed E-state index contributed by atoms with van der Waals surface area (Å²) in [4.78, 5) is 25.4. The molecule has 0 N–H and O–H groups in total. The van der Waals surface area contributed by atoms with Gasteiger partial charge in [0.05, 0.1) is 5.41 Å².